The molecule has 1 aliphatic heterocycles. The second-order valence-corrected chi connectivity index (χ2v) is 8.05. The molecular formula is C23H23F3N4O4. The number of halogens is 3. The van der Waals surface area contributed by atoms with Crippen LogP contribution in [0.3, 0.4) is 0 Å². The quantitative estimate of drug-likeness (QED) is 0.580. The van der Waals surface area contributed by atoms with Crippen LogP contribution in [-0.2, 0) is 18.0 Å². The maximum Gasteiger partial charge on any atom is 0.416 e. The van der Waals surface area contributed by atoms with Crippen LogP contribution >= 0.6 is 0 Å². The van der Waals surface area contributed by atoms with E-state index in [0.29, 0.717) is 32.3 Å². The average molecular weight is 476 g/mol. The first-order valence-corrected chi connectivity index (χ1v) is 10.6. The number of fused-ring (bicyclic) bond motifs is 1. The zero-order chi connectivity index (χ0) is 24.6. The molecule has 2 heterocycles. The lowest BCUT2D eigenvalue weighted by Crippen LogP contribution is -2.40. The molecule has 180 valence electrons. The summed E-state index contributed by atoms with van der Waals surface area (Å²) in [6, 6.07) is 7.08. The SMILES string of the molecule is C[C@@H](Nc1ccccc1C(=O)O)c1cc(C(F)(F)F)cc2c(=O)n(C)c(N3CCOCC3)nc12. The van der Waals surface area contributed by atoms with Gasteiger partial charge in [0.15, 0.2) is 0 Å². The molecule has 4 rings (SSSR count). The Bertz CT molecular complexity index is 1300. The molecule has 1 saturated heterocycles. The summed E-state index contributed by atoms with van der Waals surface area (Å²) in [5.74, 6) is -0.842. The molecule has 1 aliphatic rings. The number of anilines is 2. The zero-order valence-corrected chi connectivity index (χ0v) is 18.5. The van der Waals surface area contributed by atoms with Crippen molar-refractivity contribution in [3.8, 4) is 0 Å². The summed E-state index contributed by atoms with van der Waals surface area (Å²) >= 11 is 0. The van der Waals surface area contributed by atoms with Crippen LogP contribution in [0.4, 0.5) is 24.8 Å². The molecule has 0 spiro atoms. The Morgan fingerprint density at radius 1 is 1.21 bits per heavy atom. The summed E-state index contributed by atoms with van der Waals surface area (Å²) in [7, 11) is 1.48. The lowest BCUT2D eigenvalue weighted by molar-refractivity contribution is -0.137. The van der Waals surface area contributed by atoms with Crippen molar-refractivity contribution < 1.29 is 27.8 Å². The van der Waals surface area contributed by atoms with E-state index < -0.39 is 29.3 Å². The van der Waals surface area contributed by atoms with Gasteiger partial charge in [-0.2, -0.15) is 13.2 Å². The number of hydrogen-bond acceptors (Lipinski definition) is 6. The number of carbonyl (C=O) groups is 1. The molecule has 34 heavy (non-hydrogen) atoms. The number of rotatable bonds is 5. The fraction of sp³-hybridized carbons (Fsp3) is 0.348. The first-order chi connectivity index (χ1) is 16.1. The number of morpholine rings is 1. The van der Waals surface area contributed by atoms with Crippen molar-refractivity contribution in [2.45, 2.75) is 19.1 Å². The van der Waals surface area contributed by atoms with Crippen LogP contribution in [0.25, 0.3) is 10.9 Å². The lowest BCUT2D eigenvalue weighted by atomic mass is 9.99. The van der Waals surface area contributed by atoms with Gasteiger partial charge in [-0.1, -0.05) is 12.1 Å². The molecular weight excluding hydrogens is 453 g/mol. The van der Waals surface area contributed by atoms with Gasteiger partial charge in [0.2, 0.25) is 5.95 Å². The first-order valence-electron chi connectivity index (χ1n) is 10.6. The van der Waals surface area contributed by atoms with Gasteiger partial charge in [-0.05, 0) is 31.2 Å². The van der Waals surface area contributed by atoms with Gasteiger partial charge in [0, 0.05) is 31.4 Å². The Kier molecular flexibility index (Phi) is 6.22. The molecule has 1 fully saturated rings. The summed E-state index contributed by atoms with van der Waals surface area (Å²) in [5, 5.41) is 12.3. The lowest BCUT2D eigenvalue weighted by Gasteiger charge is -2.29. The molecule has 0 radical (unpaired) electrons. The van der Waals surface area contributed by atoms with Crippen molar-refractivity contribution in [1.29, 1.82) is 0 Å². The molecule has 2 aromatic carbocycles. The van der Waals surface area contributed by atoms with E-state index >= 15 is 0 Å². The molecule has 1 aromatic heterocycles. The number of nitrogens with one attached hydrogen (secondary N) is 1. The fourth-order valence-electron chi connectivity index (χ4n) is 4.04. The predicted octanol–water partition coefficient (Wildman–Crippen LogP) is 3.66. The van der Waals surface area contributed by atoms with Crippen LogP contribution in [0, 0.1) is 0 Å². The van der Waals surface area contributed by atoms with Crippen LogP contribution in [0.5, 0.6) is 0 Å². The highest BCUT2D eigenvalue weighted by molar-refractivity contribution is 5.94. The van der Waals surface area contributed by atoms with Crippen molar-refractivity contribution in [3.05, 3.63) is 63.4 Å². The van der Waals surface area contributed by atoms with E-state index in [1.54, 1.807) is 19.1 Å². The van der Waals surface area contributed by atoms with E-state index in [1.807, 2.05) is 4.90 Å². The maximum absolute atomic E-state index is 13.7. The van der Waals surface area contributed by atoms with Gasteiger partial charge in [-0.3, -0.25) is 9.36 Å². The molecule has 11 heteroatoms. The van der Waals surface area contributed by atoms with Crippen LogP contribution in [-0.4, -0.2) is 46.9 Å². The molecule has 0 saturated carbocycles. The third kappa shape index (κ3) is 4.43. The molecule has 0 amide bonds. The van der Waals surface area contributed by atoms with E-state index in [4.69, 9.17) is 4.74 Å². The Balaban J connectivity index is 1.90. The van der Waals surface area contributed by atoms with Crippen LogP contribution in [0.15, 0.2) is 41.2 Å². The van der Waals surface area contributed by atoms with Crippen LogP contribution in [0.1, 0.15) is 34.5 Å². The minimum Gasteiger partial charge on any atom is -0.478 e. The molecule has 3 aromatic rings. The predicted molar refractivity (Wildman–Crippen MR) is 120 cm³/mol. The van der Waals surface area contributed by atoms with Gasteiger partial charge >= 0.3 is 12.1 Å². The fourth-order valence-corrected chi connectivity index (χ4v) is 4.04. The zero-order valence-electron chi connectivity index (χ0n) is 18.5. The van der Waals surface area contributed by atoms with Crippen LogP contribution in [0.2, 0.25) is 0 Å². The number of aromatic nitrogens is 2. The number of carboxylic acid groups (broad SMARTS) is 1. The van der Waals surface area contributed by atoms with E-state index in [9.17, 15) is 27.9 Å². The second-order valence-electron chi connectivity index (χ2n) is 8.05. The third-order valence-corrected chi connectivity index (χ3v) is 5.80. The summed E-state index contributed by atoms with van der Waals surface area (Å²) in [5.41, 5.74) is -1.10. The average Bonchev–Trinajstić information content (AvgIpc) is 2.80. The van der Waals surface area contributed by atoms with Crippen LogP contribution < -0.4 is 15.8 Å². The van der Waals surface area contributed by atoms with Gasteiger partial charge in [-0.25, -0.2) is 9.78 Å². The van der Waals surface area contributed by atoms with Crippen molar-refractivity contribution in [2.24, 2.45) is 7.05 Å². The summed E-state index contributed by atoms with van der Waals surface area (Å²) < 4.78 is 47.7. The molecule has 0 unspecified atom stereocenters. The van der Waals surface area contributed by atoms with E-state index in [1.165, 1.54) is 23.7 Å². The smallest absolute Gasteiger partial charge is 0.416 e. The first kappa shape index (κ1) is 23.6. The number of para-hydroxylation sites is 1. The molecule has 2 N–H and O–H groups in total. The van der Waals surface area contributed by atoms with E-state index in [2.05, 4.69) is 10.3 Å². The van der Waals surface area contributed by atoms with Crippen molar-refractivity contribution >= 4 is 28.5 Å². The van der Waals surface area contributed by atoms with Crippen molar-refractivity contribution in [3.63, 3.8) is 0 Å². The van der Waals surface area contributed by atoms with E-state index in [0.717, 1.165) is 12.1 Å². The number of alkyl halides is 3. The molecule has 8 nitrogen and oxygen atoms in total. The minimum absolute atomic E-state index is 0.0245. The highest BCUT2D eigenvalue weighted by atomic mass is 19.4. The second kappa shape index (κ2) is 8.98. The minimum atomic E-state index is -4.68. The molecule has 0 bridgehead atoms. The summed E-state index contributed by atoms with van der Waals surface area (Å²) in [6.07, 6.45) is -4.68. The Morgan fingerprint density at radius 3 is 2.53 bits per heavy atom. The van der Waals surface area contributed by atoms with Gasteiger partial charge in [-0.15, -0.1) is 0 Å². The monoisotopic (exact) mass is 476 g/mol. The standard InChI is InChI=1S/C23H23F3N4O4/c1-13(27-18-6-4-3-5-15(18)21(32)33)16-11-14(23(24,25)26)12-17-19(16)28-22(29(2)20(17)31)30-7-9-34-10-8-30/h3-6,11-13,27H,7-10H2,1-2H3,(H,32,33)/t13-/m1/s1. The normalized spacial score (nSPS) is 15.4. The number of hydrogen-bond donors (Lipinski definition) is 2. The van der Waals surface area contributed by atoms with Crippen molar-refractivity contribution in [2.75, 3.05) is 36.5 Å². The third-order valence-electron chi connectivity index (χ3n) is 5.80. The highest BCUT2D eigenvalue weighted by Crippen LogP contribution is 2.35. The number of ether oxygens (including phenoxy) is 1. The Labute approximate surface area is 192 Å². The largest absolute Gasteiger partial charge is 0.478 e. The van der Waals surface area contributed by atoms with Gasteiger partial charge in [0.1, 0.15) is 0 Å². The van der Waals surface area contributed by atoms with Gasteiger partial charge in [0.05, 0.1) is 41.3 Å². The van der Waals surface area contributed by atoms with Crippen molar-refractivity contribution in [1.82, 2.24) is 9.55 Å². The van der Waals surface area contributed by atoms with Gasteiger partial charge < -0.3 is 20.1 Å². The van der Waals surface area contributed by atoms with Gasteiger partial charge in [0.25, 0.3) is 5.56 Å². The topological polar surface area (TPSA) is 96.7 Å². The van der Waals surface area contributed by atoms with E-state index in [-0.39, 0.29) is 27.7 Å². The maximum atomic E-state index is 13.7. The number of benzene rings is 2. The molecule has 0 aliphatic carbocycles. The highest BCUT2D eigenvalue weighted by Gasteiger charge is 2.33. The number of nitrogens with zero attached hydrogens (tertiary/aromatic N) is 3. The number of aromatic carboxylic acids is 1. The Hall–Kier alpha value is -3.60. The molecule has 1 atom stereocenters. The summed E-state index contributed by atoms with van der Waals surface area (Å²) in [6.45, 7) is 3.46. The Morgan fingerprint density at radius 2 is 1.88 bits per heavy atom. The summed E-state index contributed by atoms with van der Waals surface area (Å²) in [4.78, 5) is 31.2. The number of carboxylic acids is 1.